The third-order valence-electron chi connectivity index (χ3n) is 6.49. The Hall–Kier alpha value is -4.18. The SMILES string of the molecule is CCCCOc1ccc(/C(O)=C2/C(=O)C(=O)N(c3nc(C)c(C(=O)OCC(C)C)s3)C2c2ccc(OC)cc2)cc1. The second-order valence-electron chi connectivity index (χ2n) is 10.1. The summed E-state index contributed by atoms with van der Waals surface area (Å²) in [6.07, 6.45) is 1.92. The molecule has 1 saturated heterocycles. The number of hydrogen-bond acceptors (Lipinski definition) is 9. The van der Waals surface area contributed by atoms with Gasteiger partial charge in [0.05, 0.1) is 37.6 Å². The Balaban J connectivity index is 1.78. The topological polar surface area (TPSA) is 115 Å². The van der Waals surface area contributed by atoms with Gasteiger partial charge in [-0.1, -0.05) is 50.7 Å². The van der Waals surface area contributed by atoms with Gasteiger partial charge in [0.25, 0.3) is 5.78 Å². The lowest BCUT2D eigenvalue weighted by atomic mass is 9.95. The first-order valence-corrected chi connectivity index (χ1v) is 14.3. The van der Waals surface area contributed by atoms with E-state index in [4.69, 9.17) is 14.2 Å². The number of carbonyl (C=O) groups excluding carboxylic acids is 3. The highest BCUT2D eigenvalue weighted by Gasteiger charge is 2.48. The van der Waals surface area contributed by atoms with Crippen molar-refractivity contribution in [3.05, 3.63) is 75.8 Å². The number of thiazole rings is 1. The van der Waals surface area contributed by atoms with E-state index in [1.807, 2.05) is 13.8 Å². The molecule has 9 nitrogen and oxygen atoms in total. The maximum absolute atomic E-state index is 13.5. The summed E-state index contributed by atoms with van der Waals surface area (Å²) >= 11 is 0.971. The van der Waals surface area contributed by atoms with E-state index < -0.39 is 23.7 Å². The molecule has 41 heavy (non-hydrogen) atoms. The number of benzene rings is 2. The monoisotopic (exact) mass is 578 g/mol. The minimum atomic E-state index is -0.994. The van der Waals surface area contributed by atoms with Crippen molar-refractivity contribution in [1.82, 2.24) is 4.98 Å². The summed E-state index contributed by atoms with van der Waals surface area (Å²) in [6, 6.07) is 12.6. The minimum Gasteiger partial charge on any atom is -0.507 e. The highest BCUT2D eigenvalue weighted by molar-refractivity contribution is 7.17. The van der Waals surface area contributed by atoms with Gasteiger partial charge in [-0.05, 0) is 61.2 Å². The molecule has 1 fully saturated rings. The van der Waals surface area contributed by atoms with Crippen molar-refractivity contribution in [1.29, 1.82) is 0 Å². The number of Topliss-reactive ketones (excluding diaryl/α,β-unsaturated/α-hetero) is 1. The number of esters is 1. The summed E-state index contributed by atoms with van der Waals surface area (Å²) in [5.41, 5.74) is 1.21. The number of anilines is 1. The fourth-order valence-corrected chi connectivity index (χ4v) is 5.30. The second-order valence-corrected chi connectivity index (χ2v) is 11.0. The molecule has 216 valence electrons. The van der Waals surface area contributed by atoms with Gasteiger partial charge in [-0.25, -0.2) is 9.78 Å². The number of nitrogens with zero attached hydrogens (tertiary/aromatic N) is 2. The van der Waals surface area contributed by atoms with Gasteiger partial charge >= 0.3 is 11.9 Å². The zero-order chi connectivity index (χ0) is 29.7. The average molecular weight is 579 g/mol. The number of hydrogen-bond donors (Lipinski definition) is 1. The second kappa shape index (κ2) is 13.0. The van der Waals surface area contributed by atoms with Crippen molar-refractivity contribution < 1.29 is 33.7 Å². The van der Waals surface area contributed by atoms with Crippen LogP contribution in [0.5, 0.6) is 11.5 Å². The van der Waals surface area contributed by atoms with Gasteiger partial charge in [0.15, 0.2) is 5.13 Å². The maximum Gasteiger partial charge on any atom is 0.350 e. The van der Waals surface area contributed by atoms with E-state index in [0.717, 1.165) is 24.2 Å². The third kappa shape index (κ3) is 6.43. The van der Waals surface area contributed by atoms with Crippen LogP contribution in [-0.4, -0.2) is 48.1 Å². The number of aryl methyl sites for hydroxylation is 1. The maximum atomic E-state index is 13.5. The summed E-state index contributed by atoms with van der Waals surface area (Å²) in [5.74, 6) is -1.21. The Bertz CT molecular complexity index is 1440. The van der Waals surface area contributed by atoms with Crippen LogP contribution in [0.2, 0.25) is 0 Å². The molecule has 1 atom stereocenters. The molecule has 0 aliphatic carbocycles. The van der Waals surface area contributed by atoms with Crippen LogP contribution in [0.3, 0.4) is 0 Å². The molecule has 1 unspecified atom stereocenters. The number of aliphatic hydroxyl groups is 1. The quantitative estimate of drug-likeness (QED) is 0.0957. The molecule has 0 bridgehead atoms. The summed E-state index contributed by atoms with van der Waals surface area (Å²) in [4.78, 5) is 45.7. The zero-order valence-corrected chi connectivity index (χ0v) is 24.6. The van der Waals surface area contributed by atoms with E-state index in [0.29, 0.717) is 34.9 Å². The van der Waals surface area contributed by atoms with E-state index in [1.54, 1.807) is 55.5 Å². The standard InChI is InChI=1S/C31H34N2O7S/c1-6-7-16-39-23-14-10-21(11-15-23)26(34)24-25(20-8-12-22(38-5)13-9-20)33(29(36)27(24)35)31-32-19(4)28(41-31)30(37)40-17-18(2)3/h8-15,18,25,34H,6-7,16-17H2,1-5H3/b26-24-. The number of carbonyl (C=O) groups is 3. The predicted molar refractivity (Wildman–Crippen MR) is 157 cm³/mol. The number of aromatic nitrogens is 1. The number of amides is 1. The van der Waals surface area contributed by atoms with Gasteiger partial charge in [-0.2, -0.15) is 0 Å². The van der Waals surface area contributed by atoms with Gasteiger partial charge in [-0.3, -0.25) is 14.5 Å². The Labute approximate surface area is 243 Å². The number of rotatable bonds is 11. The highest BCUT2D eigenvalue weighted by atomic mass is 32.1. The normalized spacial score (nSPS) is 16.3. The lowest BCUT2D eigenvalue weighted by Gasteiger charge is -2.23. The van der Waals surface area contributed by atoms with Gasteiger partial charge in [0, 0.05) is 5.56 Å². The fourth-order valence-electron chi connectivity index (χ4n) is 4.31. The molecule has 1 aromatic heterocycles. The summed E-state index contributed by atoms with van der Waals surface area (Å²) in [5, 5.41) is 11.6. The highest BCUT2D eigenvalue weighted by Crippen LogP contribution is 2.44. The van der Waals surface area contributed by atoms with E-state index in [-0.39, 0.29) is 33.9 Å². The summed E-state index contributed by atoms with van der Waals surface area (Å²) in [6.45, 7) is 8.40. The number of ether oxygens (including phenoxy) is 3. The molecule has 2 heterocycles. The molecule has 2 aromatic carbocycles. The molecule has 1 aliphatic rings. The van der Waals surface area contributed by atoms with Crippen LogP contribution in [0, 0.1) is 12.8 Å². The van der Waals surface area contributed by atoms with Gasteiger partial charge in [0.1, 0.15) is 22.1 Å². The lowest BCUT2D eigenvalue weighted by molar-refractivity contribution is -0.132. The number of unbranched alkanes of at least 4 members (excludes halogenated alkanes) is 1. The predicted octanol–water partition coefficient (Wildman–Crippen LogP) is 6.08. The molecule has 10 heteroatoms. The van der Waals surface area contributed by atoms with Crippen molar-refractivity contribution in [2.24, 2.45) is 5.92 Å². The Kier molecular flexibility index (Phi) is 9.44. The van der Waals surface area contributed by atoms with Crippen molar-refractivity contribution in [2.45, 2.75) is 46.6 Å². The number of methoxy groups -OCH3 is 1. The fraction of sp³-hybridized carbons (Fsp3) is 0.355. The smallest absolute Gasteiger partial charge is 0.350 e. The molecular formula is C31H34N2O7S. The van der Waals surface area contributed by atoms with Crippen LogP contribution in [0.25, 0.3) is 5.76 Å². The number of aliphatic hydroxyl groups excluding tert-OH is 1. The van der Waals surface area contributed by atoms with Crippen LogP contribution < -0.4 is 14.4 Å². The lowest BCUT2D eigenvalue weighted by Crippen LogP contribution is -2.29. The Morgan fingerprint density at radius 3 is 2.34 bits per heavy atom. The molecule has 1 amide bonds. The van der Waals surface area contributed by atoms with E-state index >= 15 is 0 Å². The Morgan fingerprint density at radius 2 is 1.73 bits per heavy atom. The van der Waals surface area contributed by atoms with Crippen LogP contribution in [0.1, 0.15) is 66.1 Å². The minimum absolute atomic E-state index is 0.0865. The van der Waals surface area contributed by atoms with Crippen LogP contribution in [0.4, 0.5) is 5.13 Å². The largest absolute Gasteiger partial charge is 0.507 e. The molecule has 0 saturated carbocycles. The summed E-state index contributed by atoms with van der Waals surface area (Å²) in [7, 11) is 1.54. The van der Waals surface area contributed by atoms with E-state index in [2.05, 4.69) is 11.9 Å². The molecule has 3 aromatic rings. The van der Waals surface area contributed by atoms with Crippen LogP contribution in [0.15, 0.2) is 54.1 Å². The van der Waals surface area contributed by atoms with Crippen molar-refractivity contribution in [2.75, 3.05) is 25.2 Å². The molecule has 4 rings (SSSR count). The summed E-state index contributed by atoms with van der Waals surface area (Å²) < 4.78 is 16.4. The molecule has 1 N–H and O–H groups in total. The average Bonchev–Trinajstić information content (AvgIpc) is 3.48. The molecular weight excluding hydrogens is 544 g/mol. The molecule has 0 spiro atoms. The number of ketones is 1. The van der Waals surface area contributed by atoms with Crippen molar-refractivity contribution in [3.63, 3.8) is 0 Å². The molecule has 1 aliphatic heterocycles. The Morgan fingerprint density at radius 1 is 1.07 bits per heavy atom. The van der Waals surface area contributed by atoms with Gasteiger partial charge < -0.3 is 19.3 Å². The van der Waals surface area contributed by atoms with E-state index in [9.17, 15) is 19.5 Å². The van der Waals surface area contributed by atoms with Gasteiger partial charge in [0.2, 0.25) is 0 Å². The first-order chi connectivity index (χ1) is 19.7. The van der Waals surface area contributed by atoms with Gasteiger partial charge in [-0.15, -0.1) is 0 Å². The zero-order valence-electron chi connectivity index (χ0n) is 23.8. The van der Waals surface area contributed by atoms with Crippen molar-refractivity contribution >= 4 is 39.9 Å². The third-order valence-corrected chi connectivity index (χ3v) is 7.63. The molecule has 0 radical (unpaired) electrons. The van der Waals surface area contributed by atoms with Crippen molar-refractivity contribution in [3.8, 4) is 11.5 Å². The van der Waals surface area contributed by atoms with Crippen LogP contribution >= 0.6 is 11.3 Å². The van der Waals surface area contributed by atoms with Crippen LogP contribution in [-0.2, 0) is 14.3 Å². The first-order valence-electron chi connectivity index (χ1n) is 13.5. The first kappa shape index (κ1) is 29.8. The van der Waals surface area contributed by atoms with E-state index in [1.165, 1.54) is 12.0 Å².